The van der Waals surface area contributed by atoms with Crippen molar-refractivity contribution in [3.63, 3.8) is 0 Å². The third-order valence-electron chi connectivity index (χ3n) is 7.55. The van der Waals surface area contributed by atoms with Crippen molar-refractivity contribution in [2.45, 2.75) is 76.4 Å². The second-order valence-corrected chi connectivity index (χ2v) is 10.6. The first-order valence-electron chi connectivity index (χ1n) is 13.9. The first-order valence-corrected chi connectivity index (χ1v) is 13.9. The summed E-state index contributed by atoms with van der Waals surface area (Å²) < 4.78 is 19.9. The normalized spacial score (nSPS) is 24.8. The molecule has 0 saturated heterocycles. The zero-order valence-electron chi connectivity index (χ0n) is 23.0. The minimum absolute atomic E-state index is 0.161. The van der Waals surface area contributed by atoms with Crippen LogP contribution in [-0.2, 0) is 20.8 Å². The lowest BCUT2D eigenvalue weighted by molar-refractivity contribution is -0.142. The lowest BCUT2D eigenvalue weighted by Gasteiger charge is -2.31. The molecule has 0 bridgehead atoms. The van der Waals surface area contributed by atoms with Gasteiger partial charge in [-0.1, -0.05) is 18.9 Å². The van der Waals surface area contributed by atoms with Gasteiger partial charge in [0.1, 0.15) is 30.3 Å². The van der Waals surface area contributed by atoms with Crippen molar-refractivity contribution in [3.05, 3.63) is 29.6 Å². The fourth-order valence-electron chi connectivity index (χ4n) is 4.82. The van der Waals surface area contributed by atoms with Crippen LogP contribution in [0.15, 0.2) is 18.2 Å². The number of rotatable bonds is 6. The Labute approximate surface area is 225 Å². The number of carbonyl (C=O) groups is 3. The quantitative estimate of drug-likeness (QED) is 0.481. The lowest BCUT2D eigenvalue weighted by atomic mass is 10.0. The minimum Gasteiger partial charge on any atom is -0.492 e. The van der Waals surface area contributed by atoms with E-state index in [0.29, 0.717) is 44.6 Å². The molecular weight excluding hydrogens is 489 g/mol. The van der Waals surface area contributed by atoms with Gasteiger partial charge in [0.25, 0.3) is 0 Å². The Kier molecular flexibility index (Phi) is 11.3. The highest BCUT2D eigenvalue weighted by molar-refractivity contribution is 5.93. The van der Waals surface area contributed by atoms with E-state index in [1.165, 1.54) is 17.0 Å². The van der Waals surface area contributed by atoms with E-state index in [2.05, 4.69) is 10.6 Å². The third kappa shape index (κ3) is 8.39. The molecule has 4 N–H and O–H groups in total. The number of carbonyl (C=O) groups excluding carboxylic acids is 3. The first kappa shape index (κ1) is 29.8. The van der Waals surface area contributed by atoms with Crippen molar-refractivity contribution in [1.82, 2.24) is 20.4 Å². The Hall–Kier alpha value is -2.72. The minimum atomic E-state index is -0.736. The number of hydrogen-bond donors (Lipinski definition) is 3. The Morgan fingerprint density at radius 1 is 1.11 bits per heavy atom. The number of fused-ring (bicyclic) bond motifs is 1. The van der Waals surface area contributed by atoms with Gasteiger partial charge < -0.3 is 30.9 Å². The molecule has 1 aromatic rings. The number of benzene rings is 1. The monoisotopic (exact) mass is 533 g/mol. The molecule has 1 heterocycles. The summed E-state index contributed by atoms with van der Waals surface area (Å²) >= 11 is 0. The second-order valence-electron chi connectivity index (χ2n) is 10.6. The van der Waals surface area contributed by atoms with Gasteiger partial charge in [0.05, 0.1) is 6.04 Å². The largest absolute Gasteiger partial charge is 0.492 e. The van der Waals surface area contributed by atoms with E-state index in [-0.39, 0.29) is 36.1 Å². The highest BCUT2D eigenvalue weighted by atomic mass is 19.1. The summed E-state index contributed by atoms with van der Waals surface area (Å²) in [6, 6.07) is 2.66. The second kappa shape index (κ2) is 14.4. The summed E-state index contributed by atoms with van der Waals surface area (Å²) in [6.45, 7) is 3.43. The van der Waals surface area contributed by atoms with Crippen molar-refractivity contribution < 1.29 is 23.5 Å². The van der Waals surface area contributed by atoms with Crippen LogP contribution in [0.1, 0.15) is 57.4 Å². The van der Waals surface area contributed by atoms with Gasteiger partial charge in [-0.3, -0.25) is 14.4 Å². The number of aryl methyl sites for hydroxylation is 1. The average Bonchev–Trinajstić information content (AvgIpc) is 3.74. The Morgan fingerprint density at radius 2 is 1.87 bits per heavy atom. The van der Waals surface area contributed by atoms with Crippen LogP contribution >= 0.6 is 0 Å². The van der Waals surface area contributed by atoms with E-state index in [1.54, 1.807) is 32.0 Å². The Bertz CT molecular complexity index is 957. The summed E-state index contributed by atoms with van der Waals surface area (Å²) in [7, 11) is 3.36. The highest BCUT2D eigenvalue weighted by Gasteiger charge is 2.39. The molecule has 0 radical (unpaired) electrons. The van der Waals surface area contributed by atoms with Crippen LogP contribution < -0.4 is 21.1 Å². The first-order chi connectivity index (χ1) is 18.2. The maximum Gasteiger partial charge on any atom is 0.244 e. The SMILES string of the molecule is CC1C(=O)NC(CCCCCN)C(=O)N(C)CCCc2ccc(F)cc2OCCNC(C2CC2)C(=O)N1C. The number of amides is 3. The molecule has 2 aliphatic rings. The molecule has 3 unspecified atom stereocenters. The molecule has 3 rings (SSSR count). The van der Waals surface area contributed by atoms with Gasteiger partial charge in [-0.05, 0) is 69.5 Å². The zero-order valence-corrected chi connectivity index (χ0v) is 23.0. The van der Waals surface area contributed by atoms with E-state index < -0.39 is 18.1 Å². The molecule has 38 heavy (non-hydrogen) atoms. The van der Waals surface area contributed by atoms with Crippen LogP contribution in [0.25, 0.3) is 0 Å². The summed E-state index contributed by atoms with van der Waals surface area (Å²) in [5.41, 5.74) is 6.48. The number of nitrogens with zero attached hydrogens (tertiary/aromatic N) is 2. The fourth-order valence-corrected chi connectivity index (χ4v) is 4.82. The number of nitrogens with two attached hydrogens (primary N) is 1. The highest BCUT2D eigenvalue weighted by Crippen LogP contribution is 2.33. The third-order valence-corrected chi connectivity index (χ3v) is 7.55. The Morgan fingerprint density at radius 3 is 2.58 bits per heavy atom. The van der Waals surface area contributed by atoms with Gasteiger partial charge in [-0.2, -0.15) is 0 Å². The van der Waals surface area contributed by atoms with Crippen LogP contribution in [0.2, 0.25) is 0 Å². The van der Waals surface area contributed by atoms with Gasteiger partial charge in [0.15, 0.2) is 0 Å². The van der Waals surface area contributed by atoms with Crippen molar-refractivity contribution in [2.75, 3.05) is 40.3 Å². The predicted octanol–water partition coefficient (Wildman–Crippen LogP) is 1.83. The van der Waals surface area contributed by atoms with E-state index >= 15 is 0 Å². The van der Waals surface area contributed by atoms with Gasteiger partial charge >= 0.3 is 0 Å². The maximum atomic E-state index is 14.0. The molecule has 0 aromatic heterocycles. The van der Waals surface area contributed by atoms with Gasteiger partial charge in [-0.25, -0.2) is 4.39 Å². The number of ether oxygens (including phenoxy) is 1. The molecule has 3 amide bonds. The molecule has 3 atom stereocenters. The van der Waals surface area contributed by atoms with Crippen molar-refractivity contribution in [2.24, 2.45) is 11.7 Å². The molecule has 0 spiro atoms. The number of hydrogen-bond acceptors (Lipinski definition) is 6. The van der Waals surface area contributed by atoms with Crippen molar-refractivity contribution >= 4 is 17.7 Å². The number of nitrogens with one attached hydrogen (secondary N) is 2. The van der Waals surface area contributed by atoms with Crippen LogP contribution in [0, 0.1) is 11.7 Å². The molecule has 1 saturated carbocycles. The summed E-state index contributed by atoms with van der Waals surface area (Å²) in [6.07, 6.45) is 6.14. The van der Waals surface area contributed by atoms with Crippen molar-refractivity contribution in [3.8, 4) is 5.75 Å². The molecule has 1 aromatic carbocycles. The molecular formula is C28H44FN5O4. The molecule has 10 heteroatoms. The average molecular weight is 534 g/mol. The Balaban J connectivity index is 1.81. The summed E-state index contributed by atoms with van der Waals surface area (Å²) in [5, 5.41) is 6.22. The van der Waals surface area contributed by atoms with E-state index in [4.69, 9.17) is 10.5 Å². The van der Waals surface area contributed by atoms with Gasteiger partial charge in [0.2, 0.25) is 17.7 Å². The van der Waals surface area contributed by atoms with Crippen LogP contribution in [0.4, 0.5) is 4.39 Å². The van der Waals surface area contributed by atoms with Crippen LogP contribution in [-0.4, -0.2) is 86.0 Å². The summed E-state index contributed by atoms with van der Waals surface area (Å²) in [5.74, 6) is -0.359. The number of halogens is 1. The molecule has 1 aliphatic heterocycles. The van der Waals surface area contributed by atoms with Gasteiger partial charge in [0, 0.05) is 33.3 Å². The van der Waals surface area contributed by atoms with Crippen LogP contribution in [0.3, 0.4) is 0 Å². The van der Waals surface area contributed by atoms with E-state index in [1.807, 2.05) is 0 Å². The van der Waals surface area contributed by atoms with Crippen molar-refractivity contribution in [1.29, 1.82) is 0 Å². The molecule has 9 nitrogen and oxygen atoms in total. The fraction of sp³-hybridized carbons (Fsp3) is 0.679. The zero-order chi connectivity index (χ0) is 27.7. The number of unbranched alkanes of at least 4 members (excludes halogenated alkanes) is 2. The molecule has 1 fully saturated rings. The number of likely N-dealkylation sites (N-methyl/N-ethyl adjacent to an activating group) is 2. The standard InChI is InChI=1S/C28H44FN5O4/c1-19-26(35)32-23(9-5-4-6-14-30)27(36)33(2)16-7-8-20-12-13-22(29)18-24(20)38-17-15-31-25(21-10-11-21)28(37)34(19)3/h12-13,18-19,21,23,25,31H,4-11,14-17,30H2,1-3H3,(H,32,35). The van der Waals surface area contributed by atoms with Gasteiger partial charge in [-0.15, -0.1) is 0 Å². The van der Waals surface area contributed by atoms with Crippen LogP contribution in [0.5, 0.6) is 5.75 Å². The predicted molar refractivity (Wildman–Crippen MR) is 144 cm³/mol. The smallest absolute Gasteiger partial charge is 0.244 e. The lowest BCUT2D eigenvalue weighted by Crippen LogP contribution is -2.56. The molecule has 212 valence electrons. The maximum absolute atomic E-state index is 14.0. The topological polar surface area (TPSA) is 117 Å². The van der Waals surface area contributed by atoms with E-state index in [9.17, 15) is 18.8 Å². The molecule has 1 aliphatic carbocycles. The van der Waals surface area contributed by atoms with E-state index in [0.717, 1.165) is 37.7 Å². The summed E-state index contributed by atoms with van der Waals surface area (Å²) in [4.78, 5) is 43.0.